The average molecular weight is 235 g/mol. The van der Waals surface area contributed by atoms with Crippen LogP contribution in [0, 0.1) is 5.41 Å². The van der Waals surface area contributed by atoms with E-state index in [0.717, 1.165) is 11.3 Å². The van der Waals surface area contributed by atoms with Crippen molar-refractivity contribution in [2.24, 2.45) is 0 Å². The van der Waals surface area contributed by atoms with E-state index < -0.39 is 0 Å². The summed E-state index contributed by atoms with van der Waals surface area (Å²) in [6, 6.07) is 6.29. The molecule has 0 saturated heterocycles. The third-order valence-corrected chi connectivity index (χ3v) is 2.90. The minimum absolute atomic E-state index is 0.151. The molecule has 0 atom stereocenters. The molecule has 0 aliphatic rings. The molecule has 82 valence electrons. The van der Waals surface area contributed by atoms with E-state index in [2.05, 4.69) is 5.10 Å². The molecule has 6 heteroatoms. The van der Waals surface area contributed by atoms with Crippen LogP contribution in [-0.4, -0.2) is 20.7 Å². The fourth-order valence-corrected chi connectivity index (χ4v) is 1.88. The third kappa shape index (κ3) is 1.87. The summed E-state index contributed by atoms with van der Waals surface area (Å²) >= 11 is 1.03. The monoisotopic (exact) mass is 235 g/mol. The number of nitrogens with one attached hydrogen (secondary N) is 1. The Balaban J connectivity index is 2.52. The van der Waals surface area contributed by atoms with Gasteiger partial charge < -0.3 is 5.11 Å². The number of aromatic hydroxyl groups is 1. The number of hydrogen-bond donors (Lipinski definition) is 2. The first-order chi connectivity index (χ1) is 7.58. The van der Waals surface area contributed by atoms with E-state index in [-0.39, 0.29) is 16.3 Å². The number of aromatic nitrogens is 2. The van der Waals surface area contributed by atoms with Crippen molar-refractivity contribution in [1.29, 1.82) is 5.41 Å². The third-order valence-electron chi connectivity index (χ3n) is 1.97. The van der Waals surface area contributed by atoms with E-state index in [1.54, 1.807) is 12.1 Å². The Hall–Kier alpha value is -1.95. The average Bonchev–Trinajstić information content (AvgIpc) is 2.62. The van der Waals surface area contributed by atoms with Gasteiger partial charge >= 0.3 is 0 Å². The number of carbonyl (C=O) groups excluding carboxylic acids is 1. The largest absolute Gasteiger partial charge is 0.508 e. The summed E-state index contributed by atoms with van der Waals surface area (Å²) < 4.78 is 1.36. The Morgan fingerprint density at radius 1 is 1.44 bits per heavy atom. The van der Waals surface area contributed by atoms with Crippen LogP contribution in [0.1, 0.15) is 16.7 Å². The van der Waals surface area contributed by atoms with Crippen molar-refractivity contribution in [3.63, 3.8) is 0 Å². The fourth-order valence-electron chi connectivity index (χ4n) is 1.20. The topological polar surface area (TPSA) is 79.0 Å². The van der Waals surface area contributed by atoms with E-state index in [1.165, 1.54) is 23.7 Å². The van der Waals surface area contributed by atoms with Crippen LogP contribution in [0.15, 0.2) is 24.3 Å². The molecule has 0 amide bonds. The molecule has 0 aliphatic carbocycles. The molecule has 2 rings (SSSR count). The predicted molar refractivity (Wildman–Crippen MR) is 59.0 cm³/mol. The molecule has 5 nitrogen and oxygen atoms in total. The van der Waals surface area contributed by atoms with E-state index in [1.807, 2.05) is 0 Å². The lowest BCUT2D eigenvalue weighted by atomic mass is 10.3. The van der Waals surface area contributed by atoms with Crippen molar-refractivity contribution in [3.8, 4) is 11.4 Å². The zero-order chi connectivity index (χ0) is 11.7. The van der Waals surface area contributed by atoms with Gasteiger partial charge in [-0.3, -0.25) is 10.2 Å². The van der Waals surface area contributed by atoms with Crippen LogP contribution in [0.25, 0.3) is 5.69 Å². The van der Waals surface area contributed by atoms with Gasteiger partial charge in [-0.15, -0.1) is 0 Å². The summed E-state index contributed by atoms with van der Waals surface area (Å²) in [4.78, 5) is 11.3. The molecule has 2 aromatic rings. The highest BCUT2D eigenvalue weighted by Crippen LogP contribution is 2.12. The summed E-state index contributed by atoms with van der Waals surface area (Å²) in [5.74, 6) is -0.00562. The zero-order valence-corrected chi connectivity index (χ0v) is 9.28. The van der Waals surface area contributed by atoms with Crippen LogP contribution in [-0.2, 0) is 0 Å². The number of nitrogens with zero attached hydrogens (tertiary/aromatic N) is 2. The van der Waals surface area contributed by atoms with E-state index >= 15 is 0 Å². The van der Waals surface area contributed by atoms with Crippen molar-refractivity contribution in [2.45, 2.75) is 6.92 Å². The van der Waals surface area contributed by atoms with Crippen molar-refractivity contribution < 1.29 is 9.90 Å². The molecule has 16 heavy (non-hydrogen) atoms. The highest BCUT2D eigenvalue weighted by Gasteiger charge is 2.09. The molecular formula is C10H9N3O2S. The smallest absolute Gasteiger partial charge is 0.205 e. The summed E-state index contributed by atoms with van der Waals surface area (Å²) in [6.07, 6.45) is 0. The maximum atomic E-state index is 11.1. The Bertz CT molecular complexity index is 583. The predicted octanol–water partition coefficient (Wildman–Crippen LogP) is 1.32. The minimum atomic E-state index is -0.156. The Kier molecular flexibility index (Phi) is 2.57. The first-order valence-electron chi connectivity index (χ1n) is 4.53. The zero-order valence-electron chi connectivity index (χ0n) is 8.47. The van der Waals surface area contributed by atoms with Gasteiger partial charge in [0.05, 0.1) is 5.69 Å². The number of rotatable bonds is 2. The Morgan fingerprint density at radius 2 is 2.06 bits per heavy atom. The SMILES string of the molecule is CC(=O)c1nn(-c2ccc(O)cc2)c(=N)s1. The molecule has 0 spiro atoms. The number of Topliss-reactive ketones (excluding diaryl/α,β-unsaturated/α-hetero) is 1. The highest BCUT2D eigenvalue weighted by molar-refractivity contribution is 7.10. The van der Waals surface area contributed by atoms with Crippen molar-refractivity contribution in [1.82, 2.24) is 9.78 Å². The number of carbonyl (C=O) groups is 1. The lowest BCUT2D eigenvalue weighted by Crippen LogP contribution is -2.12. The Labute approximate surface area is 95.1 Å². The molecule has 1 aromatic heterocycles. The van der Waals surface area contributed by atoms with Gasteiger partial charge in [-0.2, -0.15) is 5.10 Å². The van der Waals surface area contributed by atoms with Crippen LogP contribution >= 0.6 is 11.3 Å². The quantitative estimate of drug-likeness (QED) is 0.770. The molecular weight excluding hydrogens is 226 g/mol. The second kappa shape index (κ2) is 3.90. The van der Waals surface area contributed by atoms with Gasteiger partial charge in [-0.05, 0) is 24.3 Å². The number of phenols is 1. The van der Waals surface area contributed by atoms with Crippen molar-refractivity contribution >= 4 is 17.1 Å². The summed E-state index contributed by atoms with van der Waals surface area (Å²) in [5.41, 5.74) is 0.645. The van der Waals surface area contributed by atoms with Crippen molar-refractivity contribution in [3.05, 3.63) is 34.1 Å². The van der Waals surface area contributed by atoms with Gasteiger partial charge in [0.1, 0.15) is 5.75 Å². The van der Waals surface area contributed by atoms with E-state index in [4.69, 9.17) is 10.5 Å². The van der Waals surface area contributed by atoms with Gasteiger partial charge in [0.2, 0.25) is 4.80 Å². The van der Waals surface area contributed by atoms with E-state index in [0.29, 0.717) is 10.7 Å². The number of phenolic OH excluding ortho intramolecular Hbond substituents is 1. The molecule has 2 N–H and O–H groups in total. The fraction of sp³-hybridized carbons (Fsp3) is 0.100. The molecule has 0 bridgehead atoms. The molecule has 1 aromatic carbocycles. The van der Waals surface area contributed by atoms with Gasteiger partial charge in [0.25, 0.3) is 0 Å². The first-order valence-corrected chi connectivity index (χ1v) is 5.34. The lowest BCUT2D eigenvalue weighted by Gasteiger charge is -1.99. The molecule has 0 radical (unpaired) electrons. The molecule has 1 heterocycles. The number of benzene rings is 1. The van der Waals surface area contributed by atoms with Crippen LogP contribution in [0.4, 0.5) is 0 Å². The lowest BCUT2D eigenvalue weighted by molar-refractivity contribution is 0.101. The Morgan fingerprint density at radius 3 is 2.56 bits per heavy atom. The first kappa shape index (κ1) is 10.6. The molecule has 0 saturated carbocycles. The molecule has 0 fully saturated rings. The highest BCUT2D eigenvalue weighted by atomic mass is 32.1. The maximum absolute atomic E-state index is 11.1. The van der Waals surface area contributed by atoms with Crippen LogP contribution in [0.2, 0.25) is 0 Å². The second-order valence-corrected chi connectivity index (χ2v) is 4.17. The standard InChI is InChI=1S/C10H9N3O2S/c1-6(14)9-12-13(10(11)16-9)7-2-4-8(15)5-3-7/h2-5,11,15H,1H3. The maximum Gasteiger partial charge on any atom is 0.205 e. The van der Waals surface area contributed by atoms with Gasteiger partial charge in [0.15, 0.2) is 10.8 Å². The minimum Gasteiger partial charge on any atom is -0.508 e. The number of hydrogen-bond acceptors (Lipinski definition) is 5. The molecule has 0 unspecified atom stereocenters. The van der Waals surface area contributed by atoms with Crippen LogP contribution in [0.3, 0.4) is 0 Å². The van der Waals surface area contributed by atoms with Gasteiger partial charge in [-0.25, -0.2) is 4.68 Å². The van der Waals surface area contributed by atoms with Gasteiger partial charge in [-0.1, -0.05) is 11.3 Å². The van der Waals surface area contributed by atoms with Crippen LogP contribution < -0.4 is 4.80 Å². The normalized spacial score (nSPS) is 10.3. The second-order valence-electron chi connectivity index (χ2n) is 3.20. The van der Waals surface area contributed by atoms with Gasteiger partial charge in [0, 0.05) is 6.92 Å². The van der Waals surface area contributed by atoms with Crippen molar-refractivity contribution in [2.75, 3.05) is 0 Å². The van der Waals surface area contributed by atoms with E-state index in [9.17, 15) is 4.79 Å². The summed E-state index contributed by atoms with van der Waals surface area (Å²) in [5, 5.41) is 21.1. The summed E-state index contributed by atoms with van der Waals surface area (Å²) in [6.45, 7) is 1.42. The van der Waals surface area contributed by atoms with Crippen LogP contribution in [0.5, 0.6) is 5.75 Å². The molecule has 0 aliphatic heterocycles. The number of ketones is 1. The summed E-state index contributed by atoms with van der Waals surface area (Å²) in [7, 11) is 0.